The zero-order chi connectivity index (χ0) is 10.7. The number of rotatable bonds is 3. The first-order valence-electron chi connectivity index (χ1n) is 4.71. The lowest BCUT2D eigenvalue weighted by Crippen LogP contribution is -2.20. The van der Waals surface area contributed by atoms with E-state index < -0.39 is 0 Å². The minimum Gasteiger partial charge on any atom is -0.467 e. The molecule has 4 heteroatoms. The highest BCUT2D eigenvalue weighted by Crippen LogP contribution is 2.02. The lowest BCUT2D eigenvalue weighted by molar-refractivity contribution is 0.489. The van der Waals surface area contributed by atoms with Gasteiger partial charge in [-0.1, -0.05) is 6.07 Å². The van der Waals surface area contributed by atoms with Gasteiger partial charge in [0.1, 0.15) is 5.76 Å². The van der Waals surface area contributed by atoms with E-state index in [4.69, 9.17) is 10.2 Å². The van der Waals surface area contributed by atoms with Gasteiger partial charge in [-0.05, 0) is 17.7 Å². The number of furan rings is 1. The topological polar surface area (TPSA) is 61.2 Å². The van der Waals surface area contributed by atoms with Crippen LogP contribution in [0.25, 0.3) is 0 Å². The standard InChI is InChI=1S/C11H12N2O2/c12-6-9-3-4-11(14)13(7-9)8-10-2-1-5-15-10/h1-5,7H,6,8,12H2. The molecule has 78 valence electrons. The van der Waals surface area contributed by atoms with Gasteiger partial charge in [-0.2, -0.15) is 0 Å². The van der Waals surface area contributed by atoms with Gasteiger partial charge in [0.15, 0.2) is 0 Å². The van der Waals surface area contributed by atoms with Crippen LogP contribution < -0.4 is 11.3 Å². The van der Waals surface area contributed by atoms with Crippen LogP contribution in [-0.2, 0) is 13.1 Å². The average Bonchev–Trinajstić information content (AvgIpc) is 2.74. The zero-order valence-corrected chi connectivity index (χ0v) is 8.22. The summed E-state index contributed by atoms with van der Waals surface area (Å²) >= 11 is 0. The monoisotopic (exact) mass is 204 g/mol. The van der Waals surface area contributed by atoms with Crippen LogP contribution in [-0.4, -0.2) is 4.57 Å². The lowest BCUT2D eigenvalue weighted by Gasteiger charge is -2.04. The van der Waals surface area contributed by atoms with E-state index in [2.05, 4.69) is 0 Å². The van der Waals surface area contributed by atoms with E-state index in [-0.39, 0.29) is 5.56 Å². The number of pyridine rings is 1. The van der Waals surface area contributed by atoms with E-state index in [0.717, 1.165) is 11.3 Å². The molecule has 0 spiro atoms. The van der Waals surface area contributed by atoms with Crippen molar-refractivity contribution in [3.05, 3.63) is 58.4 Å². The summed E-state index contributed by atoms with van der Waals surface area (Å²) in [6.07, 6.45) is 3.35. The molecule has 2 aromatic rings. The number of aromatic nitrogens is 1. The molecule has 0 amide bonds. The molecular weight excluding hydrogens is 192 g/mol. The fourth-order valence-electron chi connectivity index (χ4n) is 1.40. The van der Waals surface area contributed by atoms with Gasteiger partial charge in [-0.15, -0.1) is 0 Å². The Morgan fingerprint density at radius 2 is 2.20 bits per heavy atom. The molecule has 0 atom stereocenters. The van der Waals surface area contributed by atoms with Crippen LogP contribution in [0, 0.1) is 0 Å². The fourth-order valence-corrected chi connectivity index (χ4v) is 1.40. The minimum atomic E-state index is -0.0522. The first-order chi connectivity index (χ1) is 7.29. The van der Waals surface area contributed by atoms with Gasteiger partial charge in [0.25, 0.3) is 5.56 Å². The van der Waals surface area contributed by atoms with Crippen LogP contribution in [0.2, 0.25) is 0 Å². The maximum Gasteiger partial charge on any atom is 0.250 e. The van der Waals surface area contributed by atoms with Crippen LogP contribution in [0.4, 0.5) is 0 Å². The summed E-state index contributed by atoms with van der Waals surface area (Å²) in [5, 5.41) is 0. The third kappa shape index (κ3) is 2.16. The van der Waals surface area contributed by atoms with Crippen molar-refractivity contribution in [1.29, 1.82) is 0 Å². The number of nitrogens with zero attached hydrogens (tertiary/aromatic N) is 1. The largest absolute Gasteiger partial charge is 0.467 e. The van der Waals surface area contributed by atoms with E-state index in [1.165, 1.54) is 6.07 Å². The Morgan fingerprint density at radius 3 is 2.87 bits per heavy atom. The van der Waals surface area contributed by atoms with Gasteiger partial charge in [0, 0.05) is 18.8 Å². The molecule has 0 aromatic carbocycles. The van der Waals surface area contributed by atoms with Crippen LogP contribution in [0.5, 0.6) is 0 Å². The summed E-state index contributed by atoms with van der Waals surface area (Å²) in [7, 11) is 0. The quantitative estimate of drug-likeness (QED) is 0.809. The Labute approximate surface area is 86.9 Å². The fraction of sp³-hybridized carbons (Fsp3) is 0.182. The molecule has 2 heterocycles. The normalized spacial score (nSPS) is 10.5. The summed E-state index contributed by atoms with van der Waals surface area (Å²) in [4.78, 5) is 11.5. The summed E-state index contributed by atoms with van der Waals surface area (Å²) in [5.74, 6) is 0.756. The van der Waals surface area contributed by atoms with Crippen LogP contribution in [0.15, 0.2) is 45.9 Å². The lowest BCUT2D eigenvalue weighted by atomic mass is 10.3. The summed E-state index contributed by atoms with van der Waals surface area (Å²) in [6, 6.07) is 6.89. The highest BCUT2D eigenvalue weighted by atomic mass is 16.3. The van der Waals surface area contributed by atoms with Crippen molar-refractivity contribution in [3.8, 4) is 0 Å². The van der Waals surface area contributed by atoms with Crippen molar-refractivity contribution >= 4 is 0 Å². The number of hydrogen-bond acceptors (Lipinski definition) is 3. The van der Waals surface area contributed by atoms with Gasteiger partial charge in [-0.3, -0.25) is 4.79 Å². The third-order valence-electron chi connectivity index (χ3n) is 2.19. The molecule has 0 saturated heterocycles. The molecule has 0 fully saturated rings. The number of hydrogen-bond donors (Lipinski definition) is 1. The molecule has 0 radical (unpaired) electrons. The van der Waals surface area contributed by atoms with Crippen LogP contribution >= 0.6 is 0 Å². The predicted molar refractivity (Wildman–Crippen MR) is 56.4 cm³/mol. The van der Waals surface area contributed by atoms with Crippen molar-refractivity contribution in [2.45, 2.75) is 13.1 Å². The molecule has 0 aliphatic carbocycles. The van der Waals surface area contributed by atoms with E-state index in [1.807, 2.05) is 6.07 Å². The van der Waals surface area contributed by atoms with Crippen molar-refractivity contribution in [2.75, 3.05) is 0 Å². The summed E-state index contributed by atoms with van der Waals surface area (Å²) in [5.41, 5.74) is 6.38. The van der Waals surface area contributed by atoms with Gasteiger partial charge in [0.2, 0.25) is 0 Å². The molecule has 0 saturated carbocycles. The van der Waals surface area contributed by atoms with Crippen molar-refractivity contribution in [2.24, 2.45) is 5.73 Å². The highest BCUT2D eigenvalue weighted by molar-refractivity contribution is 5.11. The van der Waals surface area contributed by atoms with Crippen molar-refractivity contribution in [1.82, 2.24) is 4.57 Å². The van der Waals surface area contributed by atoms with E-state index in [0.29, 0.717) is 13.1 Å². The molecule has 4 nitrogen and oxygen atoms in total. The Balaban J connectivity index is 2.31. The zero-order valence-electron chi connectivity index (χ0n) is 8.22. The van der Waals surface area contributed by atoms with Crippen molar-refractivity contribution in [3.63, 3.8) is 0 Å². The second-order valence-electron chi connectivity index (χ2n) is 3.29. The van der Waals surface area contributed by atoms with Gasteiger partial charge >= 0.3 is 0 Å². The first-order valence-corrected chi connectivity index (χ1v) is 4.71. The molecule has 2 aromatic heterocycles. The predicted octanol–water partition coefficient (Wildman–Crippen LogP) is 0.948. The average molecular weight is 204 g/mol. The second-order valence-corrected chi connectivity index (χ2v) is 3.29. The Hall–Kier alpha value is -1.81. The van der Waals surface area contributed by atoms with Crippen molar-refractivity contribution < 1.29 is 4.42 Å². The van der Waals surface area contributed by atoms with Gasteiger partial charge in [0.05, 0.1) is 12.8 Å². The van der Waals surface area contributed by atoms with E-state index in [1.54, 1.807) is 29.2 Å². The molecule has 15 heavy (non-hydrogen) atoms. The van der Waals surface area contributed by atoms with Gasteiger partial charge in [-0.25, -0.2) is 0 Å². The second kappa shape index (κ2) is 4.14. The summed E-state index contributed by atoms with van der Waals surface area (Å²) < 4.78 is 6.76. The maximum atomic E-state index is 11.5. The minimum absolute atomic E-state index is 0.0522. The highest BCUT2D eigenvalue weighted by Gasteiger charge is 2.00. The van der Waals surface area contributed by atoms with Crippen LogP contribution in [0.1, 0.15) is 11.3 Å². The molecule has 2 rings (SSSR count). The van der Waals surface area contributed by atoms with E-state index in [9.17, 15) is 4.79 Å². The number of nitrogens with two attached hydrogens (primary N) is 1. The molecular formula is C11H12N2O2. The third-order valence-corrected chi connectivity index (χ3v) is 2.19. The Kier molecular flexibility index (Phi) is 2.69. The SMILES string of the molecule is NCc1ccc(=O)n(Cc2ccco2)c1. The molecule has 0 aliphatic heterocycles. The first kappa shape index (κ1) is 9.73. The Morgan fingerprint density at radius 1 is 1.33 bits per heavy atom. The molecule has 0 aliphatic rings. The Bertz CT molecular complexity index is 486. The smallest absolute Gasteiger partial charge is 0.250 e. The van der Waals surface area contributed by atoms with Gasteiger partial charge < -0.3 is 14.7 Å². The van der Waals surface area contributed by atoms with Crippen LogP contribution in [0.3, 0.4) is 0 Å². The molecule has 2 N–H and O–H groups in total. The molecule has 0 bridgehead atoms. The maximum absolute atomic E-state index is 11.5. The molecule has 0 unspecified atom stereocenters. The van der Waals surface area contributed by atoms with E-state index >= 15 is 0 Å². The summed E-state index contributed by atoms with van der Waals surface area (Å²) in [6.45, 7) is 0.873.